The molecule has 0 saturated carbocycles. The normalized spacial score (nSPS) is 11.0. The van der Waals surface area contributed by atoms with Crippen LogP contribution in [-0.2, 0) is 6.61 Å². The van der Waals surface area contributed by atoms with Crippen LogP contribution in [0.2, 0.25) is 0 Å². The lowest BCUT2D eigenvalue weighted by Crippen LogP contribution is -2.01. The monoisotopic (exact) mass is 389 g/mol. The number of nitrogens with zero attached hydrogens (tertiary/aromatic N) is 3. The van der Waals surface area contributed by atoms with Crippen LogP contribution >= 0.6 is 0 Å². The predicted octanol–water partition coefficient (Wildman–Crippen LogP) is 6.19. The topological polar surface area (TPSA) is 50.9 Å². The summed E-state index contributed by atoms with van der Waals surface area (Å²) in [5.74, 6) is 0. The van der Waals surface area contributed by atoms with Gasteiger partial charge < -0.3 is 5.11 Å². The number of allylic oxidation sites excluding steroid dienone is 2. The van der Waals surface area contributed by atoms with Gasteiger partial charge in [-0.05, 0) is 36.1 Å². The lowest BCUT2D eigenvalue weighted by atomic mass is 9.96. The first-order chi connectivity index (χ1) is 14.1. The summed E-state index contributed by atoms with van der Waals surface area (Å²) in [5, 5.41) is 13.8. The highest BCUT2D eigenvalue weighted by Crippen LogP contribution is 2.28. The second-order valence-corrected chi connectivity index (χ2v) is 6.78. The summed E-state index contributed by atoms with van der Waals surface area (Å²) in [6.45, 7) is 12.7. The number of aromatic nitrogens is 3. The van der Waals surface area contributed by atoms with Crippen molar-refractivity contribution in [2.24, 2.45) is 0 Å². The van der Waals surface area contributed by atoms with Gasteiger partial charge in [-0.25, -0.2) is 4.68 Å². The second kappa shape index (κ2) is 11.1. The van der Waals surface area contributed by atoms with Crippen molar-refractivity contribution in [2.75, 3.05) is 0 Å². The molecule has 0 unspecified atom stereocenters. The summed E-state index contributed by atoms with van der Waals surface area (Å²) < 4.78 is 1.79. The van der Waals surface area contributed by atoms with E-state index < -0.39 is 0 Å². The fourth-order valence-corrected chi connectivity index (χ4v) is 3.04. The molecular weight excluding hydrogens is 358 g/mol. The molecule has 0 atom stereocenters. The van der Waals surface area contributed by atoms with Gasteiger partial charge in [-0.2, -0.15) is 5.10 Å². The molecule has 1 aromatic carbocycles. The molecular formula is C25H31N3O. The lowest BCUT2D eigenvalue weighted by Gasteiger charge is -2.14. The largest absolute Gasteiger partial charge is 0.392 e. The third-order valence-electron chi connectivity index (χ3n) is 4.48. The summed E-state index contributed by atoms with van der Waals surface area (Å²) in [6.07, 6.45) is 11.5. The third-order valence-corrected chi connectivity index (χ3v) is 4.48. The van der Waals surface area contributed by atoms with Crippen LogP contribution in [0.1, 0.15) is 57.2 Å². The van der Waals surface area contributed by atoms with Crippen LogP contribution in [0.3, 0.4) is 0 Å². The van der Waals surface area contributed by atoms with Gasteiger partial charge in [0, 0.05) is 35.3 Å². The molecule has 2 heterocycles. The molecule has 152 valence electrons. The van der Waals surface area contributed by atoms with Crippen molar-refractivity contribution in [2.45, 2.75) is 47.1 Å². The Labute approximate surface area is 174 Å². The van der Waals surface area contributed by atoms with Crippen molar-refractivity contribution in [1.29, 1.82) is 0 Å². The van der Waals surface area contributed by atoms with Gasteiger partial charge in [0.25, 0.3) is 0 Å². The third kappa shape index (κ3) is 5.52. The number of rotatable bonds is 6. The van der Waals surface area contributed by atoms with Crippen LogP contribution in [0.5, 0.6) is 0 Å². The average Bonchev–Trinajstić information content (AvgIpc) is 3.25. The van der Waals surface area contributed by atoms with Gasteiger partial charge in [0.05, 0.1) is 18.5 Å². The van der Waals surface area contributed by atoms with Crippen molar-refractivity contribution in [3.63, 3.8) is 0 Å². The summed E-state index contributed by atoms with van der Waals surface area (Å²) in [6, 6.07) is 10.2. The molecule has 1 N–H and O–H groups in total. The second-order valence-electron chi connectivity index (χ2n) is 6.78. The van der Waals surface area contributed by atoms with E-state index in [0.29, 0.717) is 0 Å². The first kappa shape index (κ1) is 22.3. The first-order valence-electron chi connectivity index (χ1n) is 10.1. The minimum Gasteiger partial charge on any atom is -0.392 e. The van der Waals surface area contributed by atoms with Crippen molar-refractivity contribution in [3.05, 3.63) is 84.5 Å². The number of aliphatic hydroxyl groups excluding tert-OH is 1. The molecule has 0 aliphatic carbocycles. The predicted molar refractivity (Wildman–Crippen MR) is 122 cm³/mol. The van der Waals surface area contributed by atoms with Crippen molar-refractivity contribution >= 4 is 11.3 Å². The Morgan fingerprint density at radius 3 is 2.38 bits per heavy atom. The van der Waals surface area contributed by atoms with E-state index in [1.165, 1.54) is 17.6 Å². The Balaban J connectivity index is 0.000000941. The summed E-state index contributed by atoms with van der Waals surface area (Å²) in [5.41, 5.74) is 7.00. The summed E-state index contributed by atoms with van der Waals surface area (Å²) >= 11 is 0. The van der Waals surface area contributed by atoms with Gasteiger partial charge in [-0.15, -0.1) is 0 Å². The molecule has 2 aromatic heterocycles. The highest BCUT2D eigenvalue weighted by atomic mass is 16.3. The quantitative estimate of drug-likeness (QED) is 0.547. The Hall–Kier alpha value is -2.98. The highest BCUT2D eigenvalue weighted by molar-refractivity contribution is 5.79. The van der Waals surface area contributed by atoms with E-state index in [-0.39, 0.29) is 6.61 Å². The molecule has 0 fully saturated rings. The van der Waals surface area contributed by atoms with Crippen molar-refractivity contribution < 1.29 is 5.11 Å². The van der Waals surface area contributed by atoms with Crippen molar-refractivity contribution in [3.8, 4) is 11.1 Å². The molecule has 0 spiro atoms. The van der Waals surface area contributed by atoms with E-state index in [2.05, 4.69) is 62.6 Å². The maximum atomic E-state index is 9.30. The minimum atomic E-state index is -0.0296. The average molecular weight is 390 g/mol. The van der Waals surface area contributed by atoms with E-state index in [4.69, 9.17) is 0 Å². The molecule has 0 bridgehead atoms. The Bertz CT molecular complexity index is 969. The van der Waals surface area contributed by atoms with Crippen LogP contribution in [-0.4, -0.2) is 19.9 Å². The Morgan fingerprint density at radius 2 is 1.76 bits per heavy atom. The number of benzene rings is 1. The molecule has 0 saturated heterocycles. The van der Waals surface area contributed by atoms with Crippen molar-refractivity contribution in [1.82, 2.24) is 14.8 Å². The summed E-state index contributed by atoms with van der Waals surface area (Å²) in [4.78, 5) is 4.18. The summed E-state index contributed by atoms with van der Waals surface area (Å²) in [7, 11) is 0. The Kier molecular flexibility index (Phi) is 8.56. The van der Waals surface area contributed by atoms with Crippen LogP contribution in [0.4, 0.5) is 0 Å². The molecule has 29 heavy (non-hydrogen) atoms. The fourth-order valence-electron chi connectivity index (χ4n) is 3.04. The molecule has 3 aromatic rings. The highest BCUT2D eigenvalue weighted by Gasteiger charge is 2.12. The van der Waals surface area contributed by atoms with Gasteiger partial charge in [0.15, 0.2) is 0 Å². The van der Waals surface area contributed by atoms with Gasteiger partial charge >= 0.3 is 0 Å². The minimum absolute atomic E-state index is 0.0296. The molecule has 0 amide bonds. The fraction of sp³-hybridized carbons (Fsp3) is 0.280. The molecule has 0 aliphatic rings. The molecule has 0 radical (unpaired) electrons. The maximum Gasteiger partial charge on any atom is 0.0697 e. The maximum absolute atomic E-state index is 9.30. The van der Waals surface area contributed by atoms with E-state index in [0.717, 1.165) is 34.4 Å². The number of pyridine rings is 1. The standard InChI is InChI=1S/C22H23N3O.C3H8/c1-4-18(5-2)22-9-7-6-8-21(22)16(3)25-14-20(13-24-25)19-10-17(15-26)11-23-12-19;1-3-2/h4,6-14,26H,3,5,15H2,1-2H3;3H2,1-2H3/b18-4-;. The van der Waals surface area contributed by atoms with E-state index in [9.17, 15) is 5.11 Å². The van der Waals surface area contributed by atoms with E-state index >= 15 is 0 Å². The lowest BCUT2D eigenvalue weighted by molar-refractivity contribution is 0.281. The SMILES string of the molecule is C=C(c1ccccc1/C(=C\C)CC)n1cc(-c2cncc(CO)c2)cn1.CCC. The van der Waals surface area contributed by atoms with Crippen LogP contribution in [0.25, 0.3) is 22.4 Å². The van der Waals surface area contributed by atoms with E-state index in [1.807, 2.05) is 24.4 Å². The number of hydrogen-bond donors (Lipinski definition) is 1. The van der Waals surface area contributed by atoms with Crippen LogP contribution < -0.4 is 0 Å². The molecule has 3 rings (SSSR count). The van der Waals surface area contributed by atoms with Gasteiger partial charge in [0.1, 0.15) is 0 Å². The smallest absolute Gasteiger partial charge is 0.0697 e. The van der Waals surface area contributed by atoms with Gasteiger partial charge in [-0.1, -0.05) is 64.1 Å². The molecule has 4 heteroatoms. The molecule has 4 nitrogen and oxygen atoms in total. The van der Waals surface area contributed by atoms with Gasteiger partial charge in [-0.3, -0.25) is 4.98 Å². The van der Waals surface area contributed by atoms with E-state index in [1.54, 1.807) is 23.3 Å². The Morgan fingerprint density at radius 1 is 1.07 bits per heavy atom. The first-order valence-corrected chi connectivity index (χ1v) is 10.1. The zero-order valence-corrected chi connectivity index (χ0v) is 17.9. The zero-order chi connectivity index (χ0) is 21.2. The molecule has 0 aliphatic heterocycles. The van der Waals surface area contributed by atoms with Crippen LogP contribution in [0, 0.1) is 0 Å². The number of hydrogen-bond acceptors (Lipinski definition) is 3. The number of aliphatic hydroxyl groups is 1. The van der Waals surface area contributed by atoms with Gasteiger partial charge in [0.2, 0.25) is 0 Å². The van der Waals surface area contributed by atoms with Crippen LogP contribution in [0.15, 0.2) is 67.8 Å². The zero-order valence-electron chi connectivity index (χ0n) is 17.9.